The summed E-state index contributed by atoms with van der Waals surface area (Å²) in [6.07, 6.45) is -0.809. The van der Waals surface area contributed by atoms with Crippen molar-refractivity contribution < 1.29 is 54.4 Å². The summed E-state index contributed by atoms with van der Waals surface area (Å²) in [6, 6.07) is 0. The molecule has 0 amide bonds. The lowest BCUT2D eigenvalue weighted by molar-refractivity contribution is -0.322. The maximum absolute atomic E-state index is 13.0. The highest BCUT2D eigenvalue weighted by atomic mass is 16.7. The molecule has 0 aromatic rings. The van der Waals surface area contributed by atoms with E-state index in [9.17, 15) is 40.2 Å². The van der Waals surface area contributed by atoms with E-state index in [1.165, 1.54) is 0 Å². The molecule has 6 N–H and O–H groups in total. The van der Waals surface area contributed by atoms with Gasteiger partial charge in [0.1, 0.15) is 37.3 Å². The van der Waals surface area contributed by atoms with Crippen LogP contribution < -0.4 is 0 Å². The average molecular weight is 567 g/mol. The number of aliphatic hydroxyl groups is 6. The molecule has 1 unspecified atom stereocenters. The fourth-order valence-electron chi connectivity index (χ4n) is 9.80. The molecule has 0 radical (unpaired) electrons. The predicted molar refractivity (Wildman–Crippen MR) is 136 cm³/mol. The smallest absolute Gasteiger partial charge is 0.331 e. The second-order valence-electron chi connectivity index (χ2n) is 13.4. The van der Waals surface area contributed by atoms with Gasteiger partial charge in [-0.3, -0.25) is 0 Å². The van der Waals surface area contributed by atoms with Crippen molar-refractivity contribution in [1.29, 1.82) is 0 Å². The Bertz CT molecular complexity index is 1060. The number of hydrogen-bond acceptors (Lipinski definition) is 11. The third kappa shape index (κ3) is 3.85. The molecule has 11 heteroatoms. The normalized spacial score (nSPS) is 54.1. The van der Waals surface area contributed by atoms with Crippen molar-refractivity contribution in [2.45, 2.75) is 113 Å². The van der Waals surface area contributed by atoms with E-state index < -0.39 is 65.4 Å². The number of cyclic esters (lactones) is 1. The molecule has 5 fully saturated rings. The van der Waals surface area contributed by atoms with Gasteiger partial charge in [-0.15, -0.1) is 0 Å². The van der Waals surface area contributed by atoms with Crippen LogP contribution in [0.15, 0.2) is 11.6 Å². The molecule has 13 atom stereocenters. The Morgan fingerprint density at radius 2 is 1.75 bits per heavy atom. The number of hydrogen-bond donors (Lipinski definition) is 6. The number of aliphatic hydroxyl groups excluding tert-OH is 4. The van der Waals surface area contributed by atoms with E-state index in [-0.39, 0.29) is 36.8 Å². The van der Waals surface area contributed by atoms with Gasteiger partial charge >= 0.3 is 5.97 Å². The summed E-state index contributed by atoms with van der Waals surface area (Å²) >= 11 is 0. The lowest BCUT2D eigenvalue weighted by atomic mass is 9.41. The number of fused-ring (bicyclic) bond motifs is 5. The van der Waals surface area contributed by atoms with Gasteiger partial charge in [0.2, 0.25) is 0 Å². The first-order chi connectivity index (χ1) is 18.9. The van der Waals surface area contributed by atoms with Crippen LogP contribution in [0.4, 0.5) is 0 Å². The Morgan fingerprint density at radius 3 is 2.42 bits per heavy atom. The quantitative estimate of drug-likeness (QED) is 0.146. The first kappa shape index (κ1) is 28.7. The lowest BCUT2D eigenvalue weighted by Gasteiger charge is -2.65. The topological polar surface area (TPSA) is 183 Å². The van der Waals surface area contributed by atoms with Crippen LogP contribution in [0.1, 0.15) is 64.7 Å². The molecule has 1 saturated heterocycles. The highest BCUT2D eigenvalue weighted by Gasteiger charge is 2.71. The molecule has 4 aliphatic carbocycles. The summed E-state index contributed by atoms with van der Waals surface area (Å²) < 4.78 is 16.7. The molecular weight excluding hydrogens is 524 g/mol. The van der Waals surface area contributed by atoms with Crippen LogP contribution in [-0.2, 0) is 23.8 Å². The minimum absolute atomic E-state index is 0.0283. The second kappa shape index (κ2) is 9.80. The fourth-order valence-corrected chi connectivity index (χ4v) is 9.80. The van der Waals surface area contributed by atoms with Gasteiger partial charge in [-0.05, 0) is 74.7 Å². The number of carbonyl (C=O) groups is 2. The molecule has 2 aliphatic heterocycles. The molecule has 4 saturated carbocycles. The molecule has 2 heterocycles. The van der Waals surface area contributed by atoms with Crippen LogP contribution >= 0.6 is 0 Å². The lowest BCUT2D eigenvalue weighted by Crippen LogP contribution is -2.69. The van der Waals surface area contributed by atoms with E-state index >= 15 is 0 Å². The van der Waals surface area contributed by atoms with Crippen LogP contribution in [0.25, 0.3) is 0 Å². The van der Waals surface area contributed by atoms with E-state index in [2.05, 4.69) is 6.92 Å². The van der Waals surface area contributed by atoms with Gasteiger partial charge in [0, 0.05) is 17.9 Å². The minimum Gasteiger partial charge on any atom is -0.458 e. The predicted octanol–water partition coefficient (Wildman–Crippen LogP) is -0.278. The largest absolute Gasteiger partial charge is 0.458 e. The molecule has 0 spiro atoms. The van der Waals surface area contributed by atoms with Gasteiger partial charge < -0.3 is 49.6 Å². The van der Waals surface area contributed by atoms with E-state index in [1.807, 2.05) is 0 Å². The van der Waals surface area contributed by atoms with Gasteiger partial charge in [-0.1, -0.05) is 6.92 Å². The van der Waals surface area contributed by atoms with E-state index in [4.69, 9.17) is 14.2 Å². The number of rotatable bonds is 5. The SMILES string of the molecule is C[C@]12CC[C@H]3[C@@H](CC[C@]4(O)C[C@@H](OC5O[C@H](CO)[C@@H](O)[C@H](O)[C@H]5O)CC[C@]34C=O)[C@@]1(O)CC[C@@H]2C1=CC(=O)OC1. The monoisotopic (exact) mass is 566 g/mol. The molecule has 0 bridgehead atoms. The maximum Gasteiger partial charge on any atom is 0.331 e. The third-order valence-corrected chi connectivity index (χ3v) is 12.0. The van der Waals surface area contributed by atoms with E-state index in [1.54, 1.807) is 6.08 Å². The van der Waals surface area contributed by atoms with Gasteiger partial charge in [-0.25, -0.2) is 4.79 Å². The Labute approximate surface area is 233 Å². The van der Waals surface area contributed by atoms with Gasteiger partial charge in [-0.2, -0.15) is 0 Å². The van der Waals surface area contributed by atoms with Crippen molar-refractivity contribution >= 4 is 12.3 Å². The average Bonchev–Trinajstić information content (AvgIpc) is 3.48. The summed E-state index contributed by atoms with van der Waals surface area (Å²) in [5.74, 6) is -0.707. The fraction of sp³-hybridized carbons (Fsp3) is 0.862. The summed E-state index contributed by atoms with van der Waals surface area (Å²) in [5.41, 5.74) is -3.01. The number of ether oxygens (including phenoxy) is 3. The standard InChI is InChI=1S/C29H42O11/c1-26-6-3-18-19(29(26,37)9-5-17(26)15-10-21(32)38-13-15)4-8-28(36)11-16(2-7-27(18,28)14-31)39-25-24(35)23(34)22(33)20(12-30)40-25/h10,14,16-20,22-25,30,33-37H,2-9,11-13H2,1H3/t16-,17+,18-,19+,20+,22+,23-,24+,25?,26+,27-,28-,29-/m0/s1. The van der Waals surface area contributed by atoms with Crippen molar-refractivity contribution in [1.82, 2.24) is 0 Å². The number of aldehydes is 1. The number of esters is 1. The van der Waals surface area contributed by atoms with Crippen molar-refractivity contribution in [2.24, 2.45) is 28.6 Å². The molecule has 11 nitrogen and oxygen atoms in total. The van der Waals surface area contributed by atoms with Crippen LogP contribution in [-0.4, -0.2) is 104 Å². The number of carbonyl (C=O) groups excluding carboxylic acids is 2. The Kier molecular flexibility index (Phi) is 7.03. The van der Waals surface area contributed by atoms with Gasteiger partial charge in [0.15, 0.2) is 6.29 Å². The molecule has 224 valence electrons. The maximum atomic E-state index is 13.0. The molecule has 40 heavy (non-hydrogen) atoms. The van der Waals surface area contributed by atoms with Crippen LogP contribution in [0.5, 0.6) is 0 Å². The molecule has 6 aliphatic rings. The summed E-state index contributed by atoms with van der Waals surface area (Å²) in [4.78, 5) is 24.8. The van der Waals surface area contributed by atoms with Crippen molar-refractivity contribution in [2.75, 3.05) is 13.2 Å². The van der Waals surface area contributed by atoms with E-state index in [0.717, 1.165) is 18.3 Å². The third-order valence-electron chi connectivity index (χ3n) is 12.0. The van der Waals surface area contributed by atoms with Gasteiger partial charge in [0.25, 0.3) is 0 Å². The summed E-state index contributed by atoms with van der Waals surface area (Å²) in [5, 5.41) is 64.6. The molecular formula is C29H42O11. The van der Waals surface area contributed by atoms with Crippen LogP contribution in [0.3, 0.4) is 0 Å². The zero-order valence-electron chi connectivity index (χ0n) is 22.9. The second-order valence-corrected chi connectivity index (χ2v) is 13.4. The zero-order valence-corrected chi connectivity index (χ0v) is 22.9. The summed E-state index contributed by atoms with van der Waals surface area (Å²) in [6.45, 7) is 1.79. The molecule has 0 aromatic carbocycles. The van der Waals surface area contributed by atoms with Gasteiger partial charge in [0.05, 0.1) is 29.3 Å². The minimum atomic E-state index is -1.57. The van der Waals surface area contributed by atoms with Crippen LogP contribution in [0.2, 0.25) is 0 Å². The summed E-state index contributed by atoms with van der Waals surface area (Å²) in [7, 11) is 0. The Balaban J connectivity index is 1.22. The molecule has 0 aromatic heterocycles. The Hall–Kier alpha value is -1.44. The highest BCUT2D eigenvalue weighted by Crippen LogP contribution is 2.70. The first-order valence-corrected chi connectivity index (χ1v) is 14.7. The van der Waals surface area contributed by atoms with Crippen molar-refractivity contribution in [3.05, 3.63) is 11.6 Å². The first-order valence-electron chi connectivity index (χ1n) is 14.7. The Morgan fingerprint density at radius 1 is 1.00 bits per heavy atom. The highest BCUT2D eigenvalue weighted by molar-refractivity contribution is 5.85. The zero-order chi connectivity index (χ0) is 28.7. The van der Waals surface area contributed by atoms with Crippen molar-refractivity contribution in [3.63, 3.8) is 0 Å². The van der Waals surface area contributed by atoms with Crippen molar-refractivity contribution in [3.8, 4) is 0 Å². The van der Waals surface area contributed by atoms with Crippen LogP contribution in [0, 0.1) is 28.6 Å². The van der Waals surface area contributed by atoms with E-state index in [0.29, 0.717) is 44.9 Å². The molecule has 6 rings (SSSR count).